The molecule has 1 atom stereocenters. The van der Waals surface area contributed by atoms with E-state index in [1.54, 1.807) is 0 Å². The van der Waals surface area contributed by atoms with Crippen LogP contribution in [-0.2, 0) is 4.79 Å². The number of carbonyl (C=O) groups is 2. The second-order valence-electron chi connectivity index (χ2n) is 4.46. The Bertz CT molecular complexity index is 538. The molecule has 1 heterocycles. The van der Waals surface area contributed by atoms with Gasteiger partial charge < -0.3 is 15.5 Å². The van der Waals surface area contributed by atoms with E-state index in [2.05, 4.69) is 10.6 Å². The van der Waals surface area contributed by atoms with Gasteiger partial charge in [-0.1, -0.05) is 11.6 Å². The lowest BCUT2D eigenvalue weighted by Gasteiger charge is -2.35. The summed E-state index contributed by atoms with van der Waals surface area (Å²) in [7, 11) is 1.52. The van der Waals surface area contributed by atoms with Crippen molar-refractivity contribution in [1.82, 2.24) is 15.5 Å². The number of nitrogens with zero attached hydrogens (tertiary/aromatic N) is 1. The highest BCUT2D eigenvalue weighted by atomic mass is 35.5. The standard InChI is InChI=1S/C13H15ClFN3O2/c1-16-12(19)11-7-17-4-5-18(11)13(20)9-3-2-8(15)6-10(9)14/h2-3,6,11,17H,4-5,7H2,1H3,(H,16,19). The maximum absolute atomic E-state index is 13.0. The molecule has 0 bridgehead atoms. The summed E-state index contributed by atoms with van der Waals surface area (Å²) in [5.74, 6) is -1.12. The van der Waals surface area contributed by atoms with Crippen molar-refractivity contribution in [2.24, 2.45) is 0 Å². The summed E-state index contributed by atoms with van der Waals surface area (Å²) < 4.78 is 13.0. The number of hydrogen-bond acceptors (Lipinski definition) is 3. The van der Waals surface area contributed by atoms with E-state index in [-0.39, 0.29) is 22.4 Å². The van der Waals surface area contributed by atoms with Gasteiger partial charge in [0.15, 0.2) is 0 Å². The van der Waals surface area contributed by atoms with Gasteiger partial charge in [0.1, 0.15) is 11.9 Å². The number of benzene rings is 1. The summed E-state index contributed by atoms with van der Waals surface area (Å²) in [5.41, 5.74) is 0.198. The number of likely N-dealkylation sites (N-methyl/N-ethyl adjacent to an activating group) is 1. The van der Waals surface area contributed by atoms with Crippen molar-refractivity contribution in [2.45, 2.75) is 6.04 Å². The number of rotatable bonds is 2. The molecule has 20 heavy (non-hydrogen) atoms. The fourth-order valence-electron chi connectivity index (χ4n) is 2.17. The molecular weight excluding hydrogens is 285 g/mol. The third-order valence-electron chi connectivity index (χ3n) is 3.21. The summed E-state index contributed by atoms with van der Waals surface area (Å²) in [6, 6.07) is 3.01. The van der Waals surface area contributed by atoms with Gasteiger partial charge in [-0.25, -0.2) is 4.39 Å². The van der Waals surface area contributed by atoms with E-state index < -0.39 is 11.9 Å². The minimum Gasteiger partial charge on any atom is -0.357 e. The predicted octanol–water partition coefficient (Wildman–Crippen LogP) is 0.639. The van der Waals surface area contributed by atoms with E-state index in [0.29, 0.717) is 19.6 Å². The maximum Gasteiger partial charge on any atom is 0.256 e. The van der Waals surface area contributed by atoms with E-state index in [9.17, 15) is 14.0 Å². The Hall–Kier alpha value is -1.66. The second-order valence-corrected chi connectivity index (χ2v) is 4.86. The summed E-state index contributed by atoms with van der Waals surface area (Å²) in [6.45, 7) is 1.37. The first-order valence-electron chi connectivity index (χ1n) is 6.23. The van der Waals surface area contributed by atoms with Crippen LogP contribution in [0.3, 0.4) is 0 Å². The van der Waals surface area contributed by atoms with Gasteiger partial charge in [-0.05, 0) is 18.2 Å². The van der Waals surface area contributed by atoms with Crippen LogP contribution in [0.4, 0.5) is 4.39 Å². The van der Waals surface area contributed by atoms with Crippen molar-refractivity contribution in [3.63, 3.8) is 0 Å². The van der Waals surface area contributed by atoms with Crippen molar-refractivity contribution >= 4 is 23.4 Å². The molecule has 1 aliphatic heterocycles. The first-order chi connectivity index (χ1) is 9.54. The Morgan fingerprint density at radius 3 is 2.90 bits per heavy atom. The molecule has 2 N–H and O–H groups in total. The van der Waals surface area contributed by atoms with Gasteiger partial charge in [-0.15, -0.1) is 0 Å². The van der Waals surface area contributed by atoms with Gasteiger partial charge >= 0.3 is 0 Å². The summed E-state index contributed by atoms with van der Waals surface area (Å²) in [4.78, 5) is 25.7. The highest BCUT2D eigenvalue weighted by Crippen LogP contribution is 2.20. The Morgan fingerprint density at radius 1 is 1.50 bits per heavy atom. The van der Waals surface area contributed by atoms with Crippen molar-refractivity contribution in [1.29, 1.82) is 0 Å². The maximum atomic E-state index is 13.0. The molecule has 108 valence electrons. The monoisotopic (exact) mass is 299 g/mol. The number of halogens is 2. The van der Waals surface area contributed by atoms with Gasteiger partial charge in [0, 0.05) is 26.7 Å². The third-order valence-corrected chi connectivity index (χ3v) is 3.53. The molecule has 0 aromatic heterocycles. The molecular formula is C13H15ClFN3O2. The number of carbonyl (C=O) groups excluding carboxylic acids is 2. The van der Waals surface area contributed by atoms with Gasteiger partial charge in [0.05, 0.1) is 10.6 Å². The smallest absolute Gasteiger partial charge is 0.256 e. The SMILES string of the molecule is CNC(=O)C1CNCCN1C(=O)c1ccc(F)cc1Cl. The number of amides is 2. The fraction of sp³-hybridized carbons (Fsp3) is 0.385. The molecule has 1 aromatic rings. The van der Waals surface area contributed by atoms with Crippen LogP contribution in [0.25, 0.3) is 0 Å². The number of hydrogen-bond donors (Lipinski definition) is 2. The highest BCUT2D eigenvalue weighted by molar-refractivity contribution is 6.33. The van der Waals surface area contributed by atoms with E-state index in [0.717, 1.165) is 6.07 Å². The van der Waals surface area contributed by atoms with Crippen LogP contribution in [0.5, 0.6) is 0 Å². The lowest BCUT2D eigenvalue weighted by atomic mass is 10.1. The van der Waals surface area contributed by atoms with Crippen molar-refractivity contribution in [2.75, 3.05) is 26.7 Å². The Balaban J connectivity index is 2.27. The van der Waals surface area contributed by atoms with Crippen molar-refractivity contribution in [3.8, 4) is 0 Å². The Labute approximate surface area is 121 Å². The zero-order chi connectivity index (χ0) is 14.7. The van der Waals surface area contributed by atoms with Crippen LogP contribution in [-0.4, -0.2) is 49.4 Å². The first-order valence-corrected chi connectivity index (χ1v) is 6.60. The molecule has 2 amide bonds. The van der Waals surface area contributed by atoms with Crippen LogP contribution < -0.4 is 10.6 Å². The van der Waals surface area contributed by atoms with E-state index >= 15 is 0 Å². The number of piperazine rings is 1. The van der Waals surface area contributed by atoms with Gasteiger partial charge in [-0.3, -0.25) is 9.59 Å². The highest BCUT2D eigenvalue weighted by Gasteiger charge is 2.32. The largest absolute Gasteiger partial charge is 0.357 e. The molecule has 7 heteroatoms. The lowest BCUT2D eigenvalue weighted by Crippen LogP contribution is -2.59. The number of nitrogens with one attached hydrogen (secondary N) is 2. The second kappa shape index (κ2) is 6.19. The Morgan fingerprint density at radius 2 is 2.25 bits per heavy atom. The minimum atomic E-state index is -0.595. The minimum absolute atomic E-state index is 0.0455. The van der Waals surface area contributed by atoms with Gasteiger partial charge in [0.25, 0.3) is 5.91 Å². The summed E-state index contributed by atoms with van der Waals surface area (Å²) in [6.07, 6.45) is 0. The summed E-state index contributed by atoms with van der Waals surface area (Å²) in [5, 5.41) is 5.64. The van der Waals surface area contributed by atoms with Crippen LogP contribution in [0.15, 0.2) is 18.2 Å². The molecule has 1 saturated heterocycles. The van der Waals surface area contributed by atoms with Crippen molar-refractivity contribution in [3.05, 3.63) is 34.6 Å². The van der Waals surface area contributed by atoms with Crippen molar-refractivity contribution < 1.29 is 14.0 Å². The van der Waals surface area contributed by atoms with Crippen LogP contribution in [0.1, 0.15) is 10.4 Å². The average molecular weight is 300 g/mol. The molecule has 1 fully saturated rings. The first kappa shape index (κ1) is 14.7. The molecule has 0 spiro atoms. The van der Waals surface area contributed by atoms with Gasteiger partial charge in [0.2, 0.25) is 5.91 Å². The van der Waals surface area contributed by atoms with Gasteiger partial charge in [-0.2, -0.15) is 0 Å². The molecule has 5 nitrogen and oxygen atoms in total. The third kappa shape index (κ3) is 2.91. The van der Waals surface area contributed by atoms with E-state index in [1.165, 1.54) is 24.1 Å². The molecule has 0 aliphatic carbocycles. The molecule has 1 aliphatic rings. The average Bonchev–Trinajstić information content (AvgIpc) is 2.46. The molecule has 2 rings (SSSR count). The predicted molar refractivity (Wildman–Crippen MR) is 73.2 cm³/mol. The molecule has 0 radical (unpaired) electrons. The molecule has 1 aromatic carbocycles. The zero-order valence-electron chi connectivity index (χ0n) is 11.0. The lowest BCUT2D eigenvalue weighted by molar-refractivity contribution is -0.125. The summed E-state index contributed by atoms with van der Waals surface area (Å²) >= 11 is 5.90. The van der Waals surface area contributed by atoms with E-state index in [1.807, 2.05) is 0 Å². The van der Waals surface area contributed by atoms with Crippen LogP contribution in [0.2, 0.25) is 5.02 Å². The molecule has 1 unspecified atom stereocenters. The molecule has 0 saturated carbocycles. The van der Waals surface area contributed by atoms with E-state index in [4.69, 9.17) is 11.6 Å². The van der Waals surface area contributed by atoms with Crippen LogP contribution in [0, 0.1) is 5.82 Å². The zero-order valence-corrected chi connectivity index (χ0v) is 11.7. The quantitative estimate of drug-likeness (QED) is 0.842. The Kier molecular flexibility index (Phi) is 4.57. The fourth-order valence-corrected chi connectivity index (χ4v) is 2.41. The van der Waals surface area contributed by atoms with Crippen LogP contribution >= 0.6 is 11.6 Å². The normalized spacial score (nSPS) is 18.8. The topological polar surface area (TPSA) is 61.4 Å².